The first-order chi connectivity index (χ1) is 12.4. The average molecular weight is 366 g/mol. The summed E-state index contributed by atoms with van der Waals surface area (Å²) in [7, 11) is 1.45. The van der Waals surface area contributed by atoms with Crippen LogP contribution in [0.2, 0.25) is 0 Å². The Morgan fingerprint density at radius 1 is 1.23 bits per heavy atom. The van der Waals surface area contributed by atoms with E-state index >= 15 is 0 Å². The predicted molar refractivity (Wildman–Crippen MR) is 87.9 cm³/mol. The highest BCUT2D eigenvalue weighted by atomic mass is 16.5. The Balaban J connectivity index is 1.54. The molecule has 2 bridgehead atoms. The lowest BCUT2D eigenvalue weighted by atomic mass is 9.60. The number of aliphatic hydroxyl groups excluding tert-OH is 1. The fourth-order valence-corrected chi connectivity index (χ4v) is 3.84. The summed E-state index contributed by atoms with van der Waals surface area (Å²) in [4.78, 5) is 31.0. The van der Waals surface area contributed by atoms with Gasteiger partial charge in [-0.25, -0.2) is 4.79 Å². The molecule has 0 aliphatic heterocycles. The molecule has 1 atom stereocenters. The van der Waals surface area contributed by atoms with E-state index in [0.717, 1.165) is 0 Å². The maximum Gasteiger partial charge on any atom is 0.405 e. The number of nitrogens with one attached hydrogen (secondary N) is 2. The highest BCUT2D eigenvalue weighted by Gasteiger charge is 2.55. The van der Waals surface area contributed by atoms with Crippen molar-refractivity contribution in [3.8, 4) is 11.8 Å². The van der Waals surface area contributed by atoms with Gasteiger partial charge in [0.15, 0.2) is 12.4 Å². The van der Waals surface area contributed by atoms with Crippen LogP contribution in [0.25, 0.3) is 0 Å². The highest BCUT2D eigenvalue weighted by Crippen LogP contribution is 2.47. The number of hydrogen-bond acceptors (Lipinski definition) is 7. The minimum absolute atomic E-state index is 0.202. The zero-order valence-electron chi connectivity index (χ0n) is 14.4. The molecule has 1 unspecified atom stereocenters. The molecular weight excluding hydrogens is 344 g/mol. The molecular formula is C16H22N4O6. The van der Waals surface area contributed by atoms with Gasteiger partial charge in [0.05, 0.1) is 31.1 Å². The van der Waals surface area contributed by atoms with Gasteiger partial charge in [-0.2, -0.15) is 9.97 Å². The molecule has 3 saturated carbocycles. The van der Waals surface area contributed by atoms with Gasteiger partial charge in [0.2, 0.25) is 0 Å². The zero-order chi connectivity index (χ0) is 18.8. The van der Waals surface area contributed by atoms with Crippen molar-refractivity contribution >= 4 is 12.0 Å². The number of rotatable bonds is 6. The van der Waals surface area contributed by atoms with E-state index in [1.807, 2.05) is 0 Å². The lowest BCUT2D eigenvalue weighted by molar-refractivity contribution is -0.129. The molecule has 0 saturated heterocycles. The van der Waals surface area contributed by atoms with E-state index in [2.05, 4.69) is 20.6 Å². The smallest absolute Gasteiger partial charge is 0.405 e. The fraction of sp³-hybridized carbons (Fsp3) is 0.625. The van der Waals surface area contributed by atoms with Gasteiger partial charge in [-0.05, 0) is 32.1 Å². The van der Waals surface area contributed by atoms with E-state index in [-0.39, 0.29) is 18.5 Å². The molecule has 3 aliphatic rings. The molecule has 4 rings (SSSR count). The topological polar surface area (TPSA) is 143 Å². The van der Waals surface area contributed by atoms with Gasteiger partial charge >= 0.3 is 12.1 Å². The maximum atomic E-state index is 12.3. The Bertz CT molecular complexity index is 672. The first-order valence-electron chi connectivity index (χ1n) is 8.35. The molecule has 142 valence electrons. The second-order valence-electron chi connectivity index (χ2n) is 6.83. The molecule has 0 radical (unpaired) electrons. The first kappa shape index (κ1) is 18.2. The predicted octanol–water partition coefficient (Wildman–Crippen LogP) is 0.0640. The summed E-state index contributed by atoms with van der Waals surface area (Å²) in [6, 6.07) is 0.206. The van der Waals surface area contributed by atoms with Crippen LogP contribution >= 0.6 is 0 Å². The Morgan fingerprint density at radius 3 is 2.42 bits per heavy atom. The molecule has 1 heterocycles. The Kier molecular flexibility index (Phi) is 4.86. The van der Waals surface area contributed by atoms with Crippen molar-refractivity contribution < 1.29 is 29.3 Å². The van der Waals surface area contributed by atoms with Gasteiger partial charge in [-0.1, -0.05) is 0 Å². The Hall–Kier alpha value is -2.62. The summed E-state index contributed by atoms with van der Waals surface area (Å²) in [5.41, 5.74) is -1.34. The van der Waals surface area contributed by atoms with Crippen molar-refractivity contribution in [1.82, 2.24) is 20.6 Å². The maximum absolute atomic E-state index is 12.3. The third-order valence-corrected chi connectivity index (χ3v) is 5.24. The third kappa shape index (κ3) is 3.64. The van der Waals surface area contributed by atoms with Crippen molar-refractivity contribution in [2.45, 2.75) is 49.3 Å². The monoisotopic (exact) mass is 366 g/mol. The van der Waals surface area contributed by atoms with Crippen molar-refractivity contribution in [2.75, 3.05) is 13.7 Å². The summed E-state index contributed by atoms with van der Waals surface area (Å²) in [6.07, 6.45) is 3.31. The lowest BCUT2D eigenvalue weighted by Gasteiger charge is -2.55. The summed E-state index contributed by atoms with van der Waals surface area (Å²) in [5, 5.41) is 24.8. The number of carboxylic acid groups (broad SMARTS) is 1. The quantitative estimate of drug-likeness (QED) is 0.554. The van der Waals surface area contributed by atoms with Crippen LogP contribution in [0.4, 0.5) is 4.79 Å². The molecule has 3 fully saturated rings. The molecule has 10 heteroatoms. The average Bonchev–Trinajstić information content (AvgIpc) is 2.61. The van der Waals surface area contributed by atoms with Gasteiger partial charge in [0.1, 0.15) is 0 Å². The minimum Gasteiger partial charge on any atom is -0.481 e. The lowest BCUT2D eigenvalue weighted by Crippen LogP contribution is -2.70. The molecule has 1 aromatic rings. The number of ether oxygens (including phenoxy) is 2. The second kappa shape index (κ2) is 6.94. The van der Waals surface area contributed by atoms with Gasteiger partial charge < -0.3 is 30.3 Å². The molecule has 26 heavy (non-hydrogen) atoms. The molecule has 3 aliphatic carbocycles. The van der Waals surface area contributed by atoms with Gasteiger partial charge in [0, 0.05) is 5.54 Å². The number of amides is 2. The van der Waals surface area contributed by atoms with Gasteiger partial charge in [-0.3, -0.25) is 4.79 Å². The number of aliphatic hydroxyl groups is 1. The summed E-state index contributed by atoms with van der Waals surface area (Å²) in [5.74, 6) is 0.0315. The van der Waals surface area contributed by atoms with E-state index in [1.165, 1.54) is 19.5 Å². The van der Waals surface area contributed by atoms with E-state index < -0.39 is 23.3 Å². The summed E-state index contributed by atoms with van der Waals surface area (Å²) in [6.45, 7) is -0.202. The van der Waals surface area contributed by atoms with Crippen LogP contribution in [-0.4, -0.2) is 63.1 Å². The normalized spacial score (nSPS) is 29.7. The van der Waals surface area contributed by atoms with E-state index in [1.54, 1.807) is 0 Å². The number of aromatic nitrogens is 2. The minimum atomic E-state index is -1.14. The van der Waals surface area contributed by atoms with Crippen LogP contribution in [0.1, 0.15) is 32.1 Å². The van der Waals surface area contributed by atoms with Crippen LogP contribution in [0.3, 0.4) is 0 Å². The molecule has 4 N–H and O–H groups in total. The standard InChI is InChI=1S/C16H22N4O6/c1-25-13-17-7-10(8-18-13)26-9-12(22)19-15-2-4-16(5-3-15,11(21)6-15)20-14(23)24/h7-8,11,20-21H,2-6,9H2,1H3,(H,19,22)(H,23,24). The van der Waals surface area contributed by atoms with Crippen LogP contribution < -0.4 is 20.1 Å². The van der Waals surface area contributed by atoms with Gasteiger partial charge in [-0.15, -0.1) is 0 Å². The number of methoxy groups -OCH3 is 1. The third-order valence-electron chi connectivity index (χ3n) is 5.24. The van der Waals surface area contributed by atoms with Crippen LogP contribution in [-0.2, 0) is 4.79 Å². The zero-order valence-corrected chi connectivity index (χ0v) is 14.4. The SMILES string of the molecule is COc1ncc(OCC(=O)NC23CCC(NC(=O)O)(CC2)C(O)C3)cn1. The summed E-state index contributed by atoms with van der Waals surface area (Å²) < 4.78 is 10.2. The van der Waals surface area contributed by atoms with E-state index in [0.29, 0.717) is 37.9 Å². The van der Waals surface area contributed by atoms with Crippen LogP contribution in [0.5, 0.6) is 11.8 Å². The molecule has 0 aromatic carbocycles. The highest BCUT2D eigenvalue weighted by molar-refractivity contribution is 5.78. The number of carbonyl (C=O) groups excluding carboxylic acids is 1. The molecule has 1 aromatic heterocycles. The number of nitrogens with zero attached hydrogens (tertiary/aromatic N) is 2. The van der Waals surface area contributed by atoms with Crippen LogP contribution in [0.15, 0.2) is 12.4 Å². The molecule has 2 amide bonds. The fourth-order valence-electron chi connectivity index (χ4n) is 3.84. The van der Waals surface area contributed by atoms with Crippen molar-refractivity contribution in [2.24, 2.45) is 0 Å². The first-order valence-corrected chi connectivity index (χ1v) is 8.35. The molecule has 10 nitrogen and oxygen atoms in total. The molecule has 0 spiro atoms. The number of carbonyl (C=O) groups is 2. The largest absolute Gasteiger partial charge is 0.481 e. The van der Waals surface area contributed by atoms with Crippen molar-refractivity contribution in [3.05, 3.63) is 12.4 Å². The number of hydrogen-bond donors (Lipinski definition) is 4. The van der Waals surface area contributed by atoms with Crippen LogP contribution in [0, 0.1) is 0 Å². The summed E-state index contributed by atoms with van der Waals surface area (Å²) >= 11 is 0. The van der Waals surface area contributed by atoms with E-state index in [4.69, 9.17) is 14.6 Å². The van der Waals surface area contributed by atoms with Gasteiger partial charge in [0.25, 0.3) is 5.91 Å². The van der Waals surface area contributed by atoms with E-state index in [9.17, 15) is 14.7 Å². The van der Waals surface area contributed by atoms with Crippen molar-refractivity contribution in [3.63, 3.8) is 0 Å². The van der Waals surface area contributed by atoms with Crippen molar-refractivity contribution in [1.29, 1.82) is 0 Å². The number of fused-ring (bicyclic) bond motifs is 3. The second-order valence-corrected chi connectivity index (χ2v) is 6.83. The Labute approximate surface area is 149 Å². The Morgan fingerprint density at radius 2 is 1.88 bits per heavy atom.